The van der Waals surface area contributed by atoms with Crippen molar-refractivity contribution in [1.29, 1.82) is 0 Å². The van der Waals surface area contributed by atoms with E-state index >= 15 is 0 Å². The normalized spacial score (nSPS) is 9.81. The number of nitrogens with two attached hydrogens (primary N) is 1. The molecule has 0 spiro atoms. The van der Waals surface area contributed by atoms with E-state index in [1.54, 1.807) is 25.3 Å². The lowest BCUT2D eigenvalue weighted by Gasteiger charge is -2.10. The topological polar surface area (TPSA) is 44.5 Å². The first-order valence-corrected chi connectivity index (χ1v) is 4.96. The standard InChI is InChI=1S/C13H13NO2/c1-15-12-8-7-10(14)9-13(12)16-11-5-3-2-4-6-11/h2-9H,14H2,1H3. The third-order valence-corrected chi connectivity index (χ3v) is 2.16. The zero-order valence-corrected chi connectivity index (χ0v) is 9.01. The molecule has 0 unspecified atom stereocenters. The van der Waals surface area contributed by atoms with Crippen LogP contribution in [0.15, 0.2) is 48.5 Å². The molecule has 2 N–H and O–H groups in total. The first-order valence-electron chi connectivity index (χ1n) is 4.96. The fourth-order valence-corrected chi connectivity index (χ4v) is 1.39. The Hall–Kier alpha value is -2.16. The number of benzene rings is 2. The van der Waals surface area contributed by atoms with Crippen LogP contribution in [0.2, 0.25) is 0 Å². The molecule has 0 aromatic heterocycles. The van der Waals surface area contributed by atoms with E-state index in [0.717, 1.165) is 5.75 Å². The van der Waals surface area contributed by atoms with Gasteiger partial charge in [-0.05, 0) is 24.3 Å². The van der Waals surface area contributed by atoms with Crippen LogP contribution < -0.4 is 15.2 Å². The Morgan fingerprint density at radius 1 is 0.938 bits per heavy atom. The van der Waals surface area contributed by atoms with Crippen LogP contribution in [-0.2, 0) is 0 Å². The minimum atomic E-state index is 0.619. The molecule has 0 aliphatic rings. The molecule has 2 aromatic carbocycles. The van der Waals surface area contributed by atoms with Gasteiger partial charge in [-0.3, -0.25) is 0 Å². The number of hydrogen-bond acceptors (Lipinski definition) is 3. The van der Waals surface area contributed by atoms with Crippen LogP contribution in [0.5, 0.6) is 17.2 Å². The number of nitrogen functional groups attached to an aromatic ring is 1. The van der Waals surface area contributed by atoms with Crippen LogP contribution in [0.3, 0.4) is 0 Å². The van der Waals surface area contributed by atoms with Crippen LogP contribution >= 0.6 is 0 Å². The van der Waals surface area contributed by atoms with Crippen LogP contribution in [-0.4, -0.2) is 7.11 Å². The molecule has 2 aromatic rings. The van der Waals surface area contributed by atoms with Crippen molar-refractivity contribution in [2.45, 2.75) is 0 Å². The Labute approximate surface area is 94.4 Å². The van der Waals surface area contributed by atoms with Gasteiger partial charge in [0.1, 0.15) is 5.75 Å². The molecule has 0 amide bonds. The van der Waals surface area contributed by atoms with Crippen molar-refractivity contribution < 1.29 is 9.47 Å². The highest BCUT2D eigenvalue weighted by molar-refractivity contribution is 5.53. The molecule has 3 nitrogen and oxygen atoms in total. The summed E-state index contributed by atoms with van der Waals surface area (Å²) >= 11 is 0. The molecule has 0 fully saturated rings. The maximum absolute atomic E-state index is 5.70. The van der Waals surface area contributed by atoms with E-state index in [1.165, 1.54) is 0 Å². The maximum atomic E-state index is 5.70. The van der Waals surface area contributed by atoms with Crippen molar-refractivity contribution in [3.63, 3.8) is 0 Å². The summed E-state index contributed by atoms with van der Waals surface area (Å²) in [5.41, 5.74) is 6.35. The molecule has 16 heavy (non-hydrogen) atoms. The number of rotatable bonds is 3. The van der Waals surface area contributed by atoms with Gasteiger partial charge in [-0.2, -0.15) is 0 Å². The van der Waals surface area contributed by atoms with Gasteiger partial charge in [-0.25, -0.2) is 0 Å². The molecule has 0 bridgehead atoms. The summed E-state index contributed by atoms with van der Waals surface area (Å²) in [4.78, 5) is 0. The SMILES string of the molecule is COc1ccc(N)cc1Oc1ccccc1. The number of para-hydroxylation sites is 1. The summed E-state index contributed by atoms with van der Waals surface area (Å²) in [5.74, 6) is 2.04. The van der Waals surface area contributed by atoms with Crippen molar-refractivity contribution in [3.8, 4) is 17.2 Å². The molecule has 0 saturated carbocycles. The predicted molar refractivity (Wildman–Crippen MR) is 63.9 cm³/mol. The Morgan fingerprint density at radius 2 is 1.69 bits per heavy atom. The van der Waals surface area contributed by atoms with Gasteiger partial charge in [0.15, 0.2) is 11.5 Å². The van der Waals surface area contributed by atoms with E-state index in [1.807, 2.05) is 30.3 Å². The summed E-state index contributed by atoms with van der Waals surface area (Å²) < 4.78 is 10.9. The summed E-state index contributed by atoms with van der Waals surface area (Å²) in [6.45, 7) is 0. The van der Waals surface area contributed by atoms with Gasteiger partial charge < -0.3 is 15.2 Å². The molecular weight excluding hydrogens is 202 g/mol. The Morgan fingerprint density at radius 3 is 2.38 bits per heavy atom. The van der Waals surface area contributed by atoms with Crippen LogP contribution in [0, 0.1) is 0 Å². The second kappa shape index (κ2) is 4.57. The van der Waals surface area contributed by atoms with E-state index in [2.05, 4.69) is 0 Å². The van der Waals surface area contributed by atoms with Crippen LogP contribution in [0.1, 0.15) is 0 Å². The fourth-order valence-electron chi connectivity index (χ4n) is 1.39. The largest absolute Gasteiger partial charge is 0.493 e. The summed E-state index contributed by atoms with van der Waals surface area (Å²) in [6.07, 6.45) is 0. The summed E-state index contributed by atoms with van der Waals surface area (Å²) in [7, 11) is 1.60. The van der Waals surface area contributed by atoms with Gasteiger partial charge in [0, 0.05) is 11.8 Å². The fraction of sp³-hybridized carbons (Fsp3) is 0.0769. The number of anilines is 1. The van der Waals surface area contributed by atoms with E-state index in [0.29, 0.717) is 17.2 Å². The highest BCUT2D eigenvalue weighted by Gasteiger charge is 2.05. The average molecular weight is 215 g/mol. The van der Waals surface area contributed by atoms with Crippen LogP contribution in [0.4, 0.5) is 5.69 Å². The second-order valence-electron chi connectivity index (χ2n) is 3.33. The van der Waals surface area contributed by atoms with Gasteiger partial charge >= 0.3 is 0 Å². The quantitative estimate of drug-likeness (QED) is 0.800. The first kappa shape index (κ1) is 10.4. The average Bonchev–Trinajstić information content (AvgIpc) is 2.31. The smallest absolute Gasteiger partial charge is 0.171 e. The lowest BCUT2D eigenvalue weighted by atomic mass is 10.3. The highest BCUT2D eigenvalue weighted by atomic mass is 16.5. The van der Waals surface area contributed by atoms with E-state index in [9.17, 15) is 0 Å². The van der Waals surface area contributed by atoms with Gasteiger partial charge in [-0.15, -0.1) is 0 Å². The maximum Gasteiger partial charge on any atom is 0.171 e. The third-order valence-electron chi connectivity index (χ3n) is 2.16. The molecule has 3 heteroatoms. The Balaban J connectivity index is 2.30. The Bertz CT molecular complexity index is 469. The van der Waals surface area contributed by atoms with Gasteiger partial charge in [0.25, 0.3) is 0 Å². The predicted octanol–water partition coefficient (Wildman–Crippen LogP) is 3.07. The molecule has 0 saturated heterocycles. The van der Waals surface area contributed by atoms with E-state index in [-0.39, 0.29) is 0 Å². The van der Waals surface area contributed by atoms with E-state index < -0.39 is 0 Å². The van der Waals surface area contributed by atoms with Crippen molar-refractivity contribution in [1.82, 2.24) is 0 Å². The zero-order chi connectivity index (χ0) is 11.4. The lowest BCUT2D eigenvalue weighted by molar-refractivity contribution is 0.379. The monoisotopic (exact) mass is 215 g/mol. The van der Waals surface area contributed by atoms with Crippen molar-refractivity contribution in [2.75, 3.05) is 12.8 Å². The van der Waals surface area contributed by atoms with Gasteiger partial charge in [0.2, 0.25) is 0 Å². The van der Waals surface area contributed by atoms with Gasteiger partial charge in [0.05, 0.1) is 7.11 Å². The third kappa shape index (κ3) is 2.25. The van der Waals surface area contributed by atoms with E-state index in [4.69, 9.17) is 15.2 Å². The molecule has 0 aliphatic carbocycles. The number of hydrogen-bond donors (Lipinski definition) is 1. The molecule has 0 heterocycles. The highest BCUT2D eigenvalue weighted by Crippen LogP contribution is 2.32. The minimum Gasteiger partial charge on any atom is -0.493 e. The van der Waals surface area contributed by atoms with Crippen LogP contribution in [0.25, 0.3) is 0 Å². The Kier molecular flexibility index (Phi) is 2.96. The van der Waals surface area contributed by atoms with Crippen molar-refractivity contribution in [3.05, 3.63) is 48.5 Å². The number of ether oxygens (including phenoxy) is 2. The van der Waals surface area contributed by atoms with Gasteiger partial charge in [-0.1, -0.05) is 18.2 Å². The molecule has 82 valence electrons. The van der Waals surface area contributed by atoms with Crippen molar-refractivity contribution >= 4 is 5.69 Å². The minimum absolute atomic E-state index is 0.619. The molecule has 0 radical (unpaired) electrons. The lowest BCUT2D eigenvalue weighted by Crippen LogP contribution is -1.92. The van der Waals surface area contributed by atoms with Crippen molar-refractivity contribution in [2.24, 2.45) is 0 Å². The number of methoxy groups -OCH3 is 1. The molecule has 0 aliphatic heterocycles. The molecule has 2 rings (SSSR count). The zero-order valence-electron chi connectivity index (χ0n) is 9.01. The first-order chi connectivity index (χ1) is 7.79. The summed E-state index contributed by atoms with van der Waals surface area (Å²) in [6, 6.07) is 14.8. The second-order valence-corrected chi connectivity index (χ2v) is 3.33. The molecule has 0 atom stereocenters. The summed E-state index contributed by atoms with van der Waals surface area (Å²) in [5, 5.41) is 0. The molecular formula is C13H13NO2.